The van der Waals surface area contributed by atoms with Gasteiger partial charge in [-0.25, -0.2) is 17.2 Å². The number of aryl methyl sites for hydroxylation is 3. The van der Waals surface area contributed by atoms with E-state index in [0.29, 0.717) is 10.6 Å². The van der Waals surface area contributed by atoms with E-state index in [4.69, 9.17) is 11.6 Å². The molecule has 0 saturated carbocycles. The number of rotatable bonds is 7. The molecule has 0 fully saturated rings. The van der Waals surface area contributed by atoms with Crippen molar-refractivity contribution in [2.45, 2.75) is 31.7 Å². The van der Waals surface area contributed by atoms with Gasteiger partial charge in [0, 0.05) is 17.0 Å². The van der Waals surface area contributed by atoms with Crippen LogP contribution in [0.1, 0.15) is 28.1 Å². The van der Waals surface area contributed by atoms with Gasteiger partial charge in [-0.1, -0.05) is 23.7 Å². The van der Waals surface area contributed by atoms with Crippen LogP contribution in [-0.4, -0.2) is 28.6 Å². The smallest absolute Gasteiger partial charge is 0.258 e. The molecule has 35 heavy (non-hydrogen) atoms. The van der Waals surface area contributed by atoms with E-state index in [1.165, 1.54) is 29.1 Å². The SMILES string of the molecule is Cc1cc(C)cc(S(=O)(=O)N(Cc2nnn(C)n2)c2ccc(Cl)cc2Cc2c(F)cccc2F)c1. The molecule has 4 rings (SSSR count). The average Bonchev–Trinajstić information content (AvgIpc) is 3.19. The summed E-state index contributed by atoms with van der Waals surface area (Å²) in [5, 5.41) is 12.1. The number of sulfonamides is 1. The first-order chi connectivity index (χ1) is 16.5. The molecule has 0 aliphatic heterocycles. The molecule has 7 nitrogen and oxygen atoms in total. The van der Waals surface area contributed by atoms with Crippen molar-refractivity contribution >= 4 is 27.3 Å². The van der Waals surface area contributed by atoms with Crippen LogP contribution in [0.3, 0.4) is 0 Å². The van der Waals surface area contributed by atoms with Gasteiger partial charge in [0.1, 0.15) is 11.6 Å². The Labute approximate surface area is 207 Å². The summed E-state index contributed by atoms with van der Waals surface area (Å²) in [5.74, 6) is -1.33. The van der Waals surface area contributed by atoms with Crippen LogP contribution in [0.25, 0.3) is 0 Å². The zero-order valence-corrected chi connectivity index (χ0v) is 20.8. The molecule has 0 N–H and O–H groups in total. The molecule has 0 unspecified atom stereocenters. The van der Waals surface area contributed by atoms with Crippen molar-refractivity contribution in [3.05, 3.63) is 99.3 Å². The molecule has 0 saturated heterocycles. The van der Waals surface area contributed by atoms with Gasteiger partial charge >= 0.3 is 0 Å². The summed E-state index contributed by atoms with van der Waals surface area (Å²) < 4.78 is 57.9. The lowest BCUT2D eigenvalue weighted by atomic mass is 10.0. The van der Waals surface area contributed by atoms with Gasteiger partial charge in [-0.2, -0.15) is 4.80 Å². The van der Waals surface area contributed by atoms with Crippen LogP contribution in [0, 0.1) is 25.5 Å². The van der Waals surface area contributed by atoms with E-state index in [-0.39, 0.29) is 34.9 Å². The summed E-state index contributed by atoms with van der Waals surface area (Å²) in [6.07, 6.45) is -0.221. The summed E-state index contributed by atoms with van der Waals surface area (Å²) in [4.78, 5) is 1.28. The van der Waals surface area contributed by atoms with E-state index in [2.05, 4.69) is 15.4 Å². The van der Waals surface area contributed by atoms with Gasteiger partial charge in [0.2, 0.25) is 0 Å². The first-order valence-corrected chi connectivity index (χ1v) is 12.4. The van der Waals surface area contributed by atoms with Crippen molar-refractivity contribution < 1.29 is 17.2 Å². The number of nitrogens with zero attached hydrogens (tertiary/aromatic N) is 5. The number of halogens is 3. The van der Waals surface area contributed by atoms with Crippen LogP contribution in [0.4, 0.5) is 14.5 Å². The highest BCUT2D eigenvalue weighted by molar-refractivity contribution is 7.92. The number of benzene rings is 3. The third-order valence-corrected chi connectivity index (χ3v) is 7.33. The first kappa shape index (κ1) is 24.7. The maximum absolute atomic E-state index is 14.5. The molecule has 0 bridgehead atoms. The Kier molecular flexibility index (Phi) is 6.86. The summed E-state index contributed by atoms with van der Waals surface area (Å²) in [6, 6.07) is 13.1. The lowest BCUT2D eigenvalue weighted by Gasteiger charge is -2.26. The van der Waals surface area contributed by atoms with Crippen molar-refractivity contribution in [1.29, 1.82) is 0 Å². The van der Waals surface area contributed by atoms with Crippen molar-refractivity contribution in [1.82, 2.24) is 20.2 Å². The van der Waals surface area contributed by atoms with E-state index in [1.54, 1.807) is 33.0 Å². The van der Waals surface area contributed by atoms with Crippen molar-refractivity contribution in [3.8, 4) is 0 Å². The number of hydrogen-bond acceptors (Lipinski definition) is 5. The molecule has 0 radical (unpaired) electrons. The highest BCUT2D eigenvalue weighted by atomic mass is 35.5. The quantitative estimate of drug-likeness (QED) is 0.353. The number of tetrazole rings is 1. The van der Waals surface area contributed by atoms with E-state index in [9.17, 15) is 17.2 Å². The molecule has 1 heterocycles. The normalized spacial score (nSPS) is 11.6. The average molecular weight is 518 g/mol. The predicted molar refractivity (Wildman–Crippen MR) is 129 cm³/mol. The summed E-state index contributed by atoms with van der Waals surface area (Å²) >= 11 is 6.21. The summed E-state index contributed by atoms with van der Waals surface area (Å²) in [5.41, 5.74) is 1.86. The van der Waals surface area contributed by atoms with Crippen molar-refractivity contribution in [3.63, 3.8) is 0 Å². The Morgan fingerprint density at radius 2 is 1.66 bits per heavy atom. The number of hydrogen-bond donors (Lipinski definition) is 0. The second-order valence-corrected chi connectivity index (χ2v) is 10.5. The van der Waals surface area contributed by atoms with Gasteiger partial charge in [-0.05, 0) is 78.2 Å². The lowest BCUT2D eigenvalue weighted by Crippen LogP contribution is -2.32. The third-order valence-electron chi connectivity index (χ3n) is 5.36. The predicted octanol–water partition coefficient (Wildman–Crippen LogP) is 4.74. The minimum atomic E-state index is -4.15. The molecule has 0 spiro atoms. The van der Waals surface area contributed by atoms with Gasteiger partial charge in [0.15, 0.2) is 5.82 Å². The molecule has 182 valence electrons. The fourth-order valence-corrected chi connectivity index (χ4v) is 5.70. The molecule has 0 atom stereocenters. The Hall–Kier alpha value is -3.37. The van der Waals surface area contributed by atoms with Crippen molar-refractivity contribution in [2.24, 2.45) is 7.05 Å². The maximum Gasteiger partial charge on any atom is 0.264 e. The minimum Gasteiger partial charge on any atom is -0.258 e. The molecule has 0 amide bonds. The van der Waals surface area contributed by atoms with E-state index >= 15 is 0 Å². The molecule has 0 aliphatic carbocycles. The molecular formula is C24H22ClF2N5O2S. The Balaban J connectivity index is 1.90. The van der Waals surface area contributed by atoms with Gasteiger partial charge in [0.05, 0.1) is 24.2 Å². The zero-order chi connectivity index (χ0) is 25.3. The fourth-order valence-electron chi connectivity index (χ4n) is 3.85. The summed E-state index contributed by atoms with van der Waals surface area (Å²) in [6.45, 7) is 3.35. The second kappa shape index (κ2) is 9.71. The molecule has 1 aromatic heterocycles. The molecule has 4 aromatic rings. The molecular weight excluding hydrogens is 496 g/mol. The largest absolute Gasteiger partial charge is 0.264 e. The zero-order valence-electron chi connectivity index (χ0n) is 19.2. The van der Waals surface area contributed by atoms with E-state index in [0.717, 1.165) is 27.6 Å². The van der Waals surface area contributed by atoms with Gasteiger partial charge in [0.25, 0.3) is 10.0 Å². The van der Waals surface area contributed by atoms with Gasteiger partial charge in [-0.3, -0.25) is 4.31 Å². The lowest BCUT2D eigenvalue weighted by molar-refractivity contribution is 0.561. The third kappa shape index (κ3) is 5.33. The Morgan fingerprint density at radius 3 is 2.26 bits per heavy atom. The maximum atomic E-state index is 14.5. The van der Waals surface area contributed by atoms with E-state index < -0.39 is 21.7 Å². The molecule has 3 aromatic carbocycles. The standard InChI is InChI=1S/C24H22ClF2N5O2S/c1-15-9-16(2)11-19(10-15)35(33,34)32(14-24-28-30-31(3)29-24)23-8-7-18(25)12-17(23)13-20-21(26)5-4-6-22(20)27/h4-12H,13-14H2,1-3H3. The van der Waals surface area contributed by atoms with Crippen LogP contribution in [0.15, 0.2) is 59.5 Å². The van der Waals surface area contributed by atoms with Crippen LogP contribution in [0.2, 0.25) is 5.02 Å². The highest BCUT2D eigenvalue weighted by Crippen LogP contribution is 2.33. The van der Waals surface area contributed by atoms with Crippen LogP contribution < -0.4 is 4.31 Å². The highest BCUT2D eigenvalue weighted by Gasteiger charge is 2.29. The molecule has 11 heteroatoms. The first-order valence-electron chi connectivity index (χ1n) is 10.6. The second-order valence-electron chi connectivity index (χ2n) is 8.18. The Bertz CT molecular complexity index is 1470. The van der Waals surface area contributed by atoms with Gasteiger partial charge < -0.3 is 0 Å². The van der Waals surface area contributed by atoms with Crippen molar-refractivity contribution in [2.75, 3.05) is 4.31 Å². The van der Waals surface area contributed by atoms with Crippen LogP contribution in [0.5, 0.6) is 0 Å². The topological polar surface area (TPSA) is 81.0 Å². The summed E-state index contributed by atoms with van der Waals surface area (Å²) in [7, 11) is -2.59. The van der Waals surface area contributed by atoms with Crippen LogP contribution in [-0.2, 0) is 30.0 Å². The van der Waals surface area contributed by atoms with Gasteiger partial charge in [-0.15, -0.1) is 10.2 Å². The minimum absolute atomic E-state index is 0.0665. The molecule has 0 aliphatic rings. The monoisotopic (exact) mass is 517 g/mol. The number of aromatic nitrogens is 4. The van der Waals surface area contributed by atoms with Crippen LogP contribution >= 0.6 is 11.6 Å². The Morgan fingerprint density at radius 1 is 1.00 bits per heavy atom. The van der Waals surface area contributed by atoms with E-state index in [1.807, 2.05) is 6.07 Å². The fraction of sp³-hybridized carbons (Fsp3) is 0.208. The number of anilines is 1.